The minimum Gasteiger partial charge on any atom is -0.396 e. The van der Waals surface area contributed by atoms with Gasteiger partial charge in [-0.3, -0.25) is 14.5 Å². The largest absolute Gasteiger partial charge is 0.396 e. The highest BCUT2D eigenvalue weighted by molar-refractivity contribution is 8.26. The van der Waals surface area contributed by atoms with Crippen LogP contribution in [0.25, 0.3) is 6.08 Å². The minimum atomic E-state index is -0.119. The van der Waals surface area contributed by atoms with Crippen molar-refractivity contribution in [2.45, 2.75) is 38.1 Å². The van der Waals surface area contributed by atoms with Crippen molar-refractivity contribution >= 4 is 57.5 Å². The second-order valence-electron chi connectivity index (χ2n) is 6.35. The molecule has 3 heterocycles. The number of nitrogens with zero attached hydrogens (tertiary/aromatic N) is 2. The van der Waals surface area contributed by atoms with E-state index in [0.717, 1.165) is 30.7 Å². The average Bonchev–Trinajstić information content (AvgIpc) is 3.23. The maximum atomic E-state index is 12.6. The van der Waals surface area contributed by atoms with Gasteiger partial charge in [-0.05, 0) is 43.2 Å². The standard InChI is InChI=1S/C18H22N2O3S3/c21-10-7-13-4-1-2-8-19(13)16(22)6-9-20-17(23)15(26-18(20)24)12-14-5-3-11-25-14/h3,5,11-13,21H,1-2,4,6-10H2/b15-12-/t13-/m1/s1. The van der Waals surface area contributed by atoms with Crippen molar-refractivity contribution in [3.05, 3.63) is 27.3 Å². The van der Waals surface area contributed by atoms with Crippen LogP contribution in [0.15, 0.2) is 22.4 Å². The number of carbonyl (C=O) groups excluding carboxylic acids is 2. The van der Waals surface area contributed by atoms with E-state index in [1.165, 1.54) is 16.7 Å². The zero-order valence-corrected chi connectivity index (χ0v) is 16.9. The van der Waals surface area contributed by atoms with Crippen LogP contribution < -0.4 is 0 Å². The molecule has 1 aromatic heterocycles. The summed E-state index contributed by atoms with van der Waals surface area (Å²) in [5.74, 6) is -0.0776. The molecule has 1 N–H and O–H groups in total. The lowest BCUT2D eigenvalue weighted by Gasteiger charge is -2.36. The van der Waals surface area contributed by atoms with Gasteiger partial charge in [-0.25, -0.2) is 0 Å². The Morgan fingerprint density at radius 1 is 1.42 bits per heavy atom. The maximum absolute atomic E-state index is 12.6. The third-order valence-corrected chi connectivity index (χ3v) is 6.85. The van der Waals surface area contributed by atoms with Crippen molar-refractivity contribution in [3.8, 4) is 0 Å². The molecule has 0 unspecified atom stereocenters. The molecule has 3 rings (SSSR count). The van der Waals surface area contributed by atoms with Crippen LogP contribution in [0.4, 0.5) is 0 Å². The van der Waals surface area contributed by atoms with Crippen LogP contribution in [0.2, 0.25) is 0 Å². The molecule has 0 saturated carbocycles. The number of hydrogen-bond donors (Lipinski definition) is 1. The van der Waals surface area contributed by atoms with Crippen molar-refractivity contribution < 1.29 is 14.7 Å². The molecule has 1 aromatic rings. The highest BCUT2D eigenvalue weighted by atomic mass is 32.2. The lowest BCUT2D eigenvalue weighted by molar-refractivity contribution is -0.135. The predicted octanol–water partition coefficient (Wildman–Crippen LogP) is 3.10. The topological polar surface area (TPSA) is 60.9 Å². The van der Waals surface area contributed by atoms with Crippen LogP contribution in [0.3, 0.4) is 0 Å². The summed E-state index contributed by atoms with van der Waals surface area (Å²) < 4.78 is 0.510. The van der Waals surface area contributed by atoms with E-state index in [1.807, 2.05) is 28.5 Å². The summed E-state index contributed by atoms with van der Waals surface area (Å²) in [6.07, 6.45) is 5.77. The van der Waals surface area contributed by atoms with Gasteiger partial charge < -0.3 is 10.0 Å². The molecule has 26 heavy (non-hydrogen) atoms. The van der Waals surface area contributed by atoms with Crippen LogP contribution in [0.5, 0.6) is 0 Å². The summed E-state index contributed by atoms with van der Waals surface area (Å²) >= 11 is 8.20. The number of piperidine rings is 1. The molecule has 2 saturated heterocycles. The van der Waals surface area contributed by atoms with Gasteiger partial charge in [0.05, 0.1) is 4.91 Å². The zero-order valence-electron chi connectivity index (χ0n) is 14.4. The first-order chi connectivity index (χ1) is 12.6. The van der Waals surface area contributed by atoms with Gasteiger partial charge >= 0.3 is 0 Å². The number of aliphatic hydroxyl groups is 1. The van der Waals surface area contributed by atoms with Crippen molar-refractivity contribution in [2.24, 2.45) is 0 Å². The molecule has 2 aliphatic rings. The van der Waals surface area contributed by atoms with E-state index in [4.69, 9.17) is 12.2 Å². The number of aliphatic hydroxyl groups excluding tert-OH is 1. The number of hydrogen-bond acceptors (Lipinski definition) is 6. The lowest BCUT2D eigenvalue weighted by atomic mass is 9.99. The minimum absolute atomic E-state index is 0.0411. The summed E-state index contributed by atoms with van der Waals surface area (Å²) in [6.45, 7) is 1.14. The number of rotatable bonds is 6. The molecular weight excluding hydrogens is 388 g/mol. The number of thioether (sulfide) groups is 1. The summed E-state index contributed by atoms with van der Waals surface area (Å²) in [6, 6.07) is 4.02. The van der Waals surface area contributed by atoms with E-state index >= 15 is 0 Å². The van der Waals surface area contributed by atoms with Crippen LogP contribution in [-0.2, 0) is 9.59 Å². The van der Waals surface area contributed by atoms with Crippen LogP contribution in [0.1, 0.15) is 37.0 Å². The first-order valence-corrected chi connectivity index (χ1v) is 10.9. The molecule has 2 fully saturated rings. The number of carbonyl (C=O) groups is 2. The Hall–Kier alpha value is -1.22. The highest BCUT2D eigenvalue weighted by Gasteiger charge is 2.33. The summed E-state index contributed by atoms with van der Waals surface area (Å²) in [7, 11) is 0. The van der Waals surface area contributed by atoms with Gasteiger partial charge in [0.2, 0.25) is 5.91 Å². The van der Waals surface area contributed by atoms with Crippen molar-refractivity contribution in [3.63, 3.8) is 0 Å². The second-order valence-corrected chi connectivity index (χ2v) is 9.00. The number of amides is 2. The molecule has 1 atom stereocenters. The highest BCUT2D eigenvalue weighted by Crippen LogP contribution is 2.33. The fraction of sp³-hybridized carbons (Fsp3) is 0.500. The molecule has 140 valence electrons. The van der Waals surface area contributed by atoms with E-state index in [-0.39, 0.29) is 30.9 Å². The smallest absolute Gasteiger partial charge is 0.266 e. The summed E-state index contributed by atoms with van der Waals surface area (Å²) in [5, 5.41) is 11.2. The second kappa shape index (κ2) is 9.12. The Bertz CT molecular complexity index is 701. The maximum Gasteiger partial charge on any atom is 0.266 e. The van der Waals surface area contributed by atoms with Crippen LogP contribution in [-0.4, -0.2) is 56.8 Å². The fourth-order valence-corrected chi connectivity index (χ4v) is 5.36. The lowest BCUT2D eigenvalue weighted by Crippen LogP contribution is -2.45. The van der Waals surface area contributed by atoms with E-state index in [0.29, 0.717) is 22.2 Å². The van der Waals surface area contributed by atoms with Gasteiger partial charge in [-0.2, -0.15) is 0 Å². The van der Waals surface area contributed by atoms with Gasteiger partial charge in [-0.1, -0.05) is 30.0 Å². The first-order valence-electron chi connectivity index (χ1n) is 8.79. The number of thiophene rings is 1. The van der Waals surface area contributed by atoms with Crippen LogP contribution >= 0.6 is 35.3 Å². The third-order valence-electron chi connectivity index (χ3n) is 4.65. The molecule has 0 radical (unpaired) electrons. The average molecular weight is 411 g/mol. The van der Waals surface area contributed by atoms with Gasteiger partial charge in [0.1, 0.15) is 4.32 Å². The van der Waals surface area contributed by atoms with Crippen molar-refractivity contribution in [1.29, 1.82) is 0 Å². The third kappa shape index (κ3) is 4.54. The quantitative estimate of drug-likeness (QED) is 0.577. The molecule has 5 nitrogen and oxygen atoms in total. The molecule has 0 spiro atoms. The van der Waals surface area contributed by atoms with Crippen molar-refractivity contribution in [1.82, 2.24) is 9.80 Å². The molecule has 0 bridgehead atoms. The molecule has 8 heteroatoms. The van der Waals surface area contributed by atoms with Crippen molar-refractivity contribution in [2.75, 3.05) is 19.7 Å². The SMILES string of the molecule is O=C1/C(=C/c2cccs2)SC(=S)N1CCC(=O)N1CCCC[C@@H]1CCO. The molecule has 0 aliphatic carbocycles. The molecular formula is C18H22N2O3S3. The molecule has 2 aliphatic heterocycles. The Kier molecular flexibility index (Phi) is 6.86. The number of likely N-dealkylation sites (tertiary alicyclic amines) is 1. The fourth-order valence-electron chi connectivity index (χ4n) is 3.32. The van der Waals surface area contributed by atoms with Gasteiger partial charge in [-0.15, -0.1) is 11.3 Å². The van der Waals surface area contributed by atoms with E-state index in [2.05, 4.69) is 0 Å². The first kappa shape index (κ1) is 19.5. The normalized spacial score (nSPS) is 22.5. The van der Waals surface area contributed by atoms with E-state index in [1.54, 1.807) is 11.3 Å². The predicted molar refractivity (Wildman–Crippen MR) is 110 cm³/mol. The summed E-state index contributed by atoms with van der Waals surface area (Å²) in [5.41, 5.74) is 0. The van der Waals surface area contributed by atoms with Gasteiger partial charge in [0.25, 0.3) is 5.91 Å². The Morgan fingerprint density at radius 2 is 2.27 bits per heavy atom. The Labute approximate surface area is 167 Å². The van der Waals surface area contributed by atoms with Crippen LogP contribution in [0, 0.1) is 0 Å². The zero-order chi connectivity index (χ0) is 18.5. The van der Waals surface area contributed by atoms with Gasteiger partial charge in [0, 0.05) is 37.0 Å². The van der Waals surface area contributed by atoms with Gasteiger partial charge in [0.15, 0.2) is 0 Å². The molecule has 0 aromatic carbocycles. The monoisotopic (exact) mass is 410 g/mol. The summed E-state index contributed by atoms with van der Waals surface area (Å²) in [4.78, 5) is 30.3. The van der Waals surface area contributed by atoms with E-state index in [9.17, 15) is 14.7 Å². The Balaban J connectivity index is 1.59. The number of thiocarbonyl (C=S) groups is 1. The molecule has 2 amide bonds. The Morgan fingerprint density at radius 3 is 3.00 bits per heavy atom. The van der Waals surface area contributed by atoms with E-state index < -0.39 is 0 Å².